The second-order valence-corrected chi connectivity index (χ2v) is 11.6. The van der Waals surface area contributed by atoms with Crippen molar-refractivity contribution in [2.45, 2.75) is 89.6 Å². The summed E-state index contributed by atoms with van der Waals surface area (Å²) in [7, 11) is 0. The number of fused-ring (bicyclic) bond motifs is 3. The first kappa shape index (κ1) is 25.0. The van der Waals surface area contributed by atoms with E-state index in [1.54, 1.807) is 0 Å². The van der Waals surface area contributed by atoms with E-state index in [2.05, 4.69) is 17.0 Å². The molecule has 0 N–H and O–H groups in total. The average molecular weight is 468 g/mol. The van der Waals surface area contributed by atoms with E-state index in [4.69, 9.17) is 9.47 Å². The maximum Gasteiger partial charge on any atom is 0.316 e. The average Bonchev–Trinajstić information content (AvgIpc) is 2.83. The first-order valence-electron chi connectivity index (χ1n) is 13.1. The largest absolute Gasteiger partial charge is 0.464 e. The number of ether oxygens (including phenoxy) is 2. The van der Waals surface area contributed by atoms with Crippen LogP contribution in [-0.2, 0) is 24.5 Å². The number of carbonyl (C=O) groups excluding carboxylic acids is 2. The van der Waals surface area contributed by atoms with E-state index in [-0.39, 0.29) is 23.8 Å². The molecule has 3 heterocycles. The fourth-order valence-corrected chi connectivity index (χ4v) is 5.85. The number of carbonyl (C=O) groups is 2. The molecule has 2 bridgehead atoms. The standard InChI is InChI=1S/C29H41NO4/c1-27(2,3)34-25(31)12-8-10-23-9-7-11-24(21-23)29(13-5-4-6-14-29)26(32)33-22-28-15-18-30(19-16-28)20-17-28/h7-11,21H,4-6,12-20,22H2,1-3H3. The Kier molecular flexibility index (Phi) is 7.51. The van der Waals surface area contributed by atoms with Crippen molar-refractivity contribution in [1.82, 2.24) is 4.90 Å². The molecule has 0 aromatic heterocycles. The summed E-state index contributed by atoms with van der Waals surface area (Å²) in [5.74, 6) is -0.274. The van der Waals surface area contributed by atoms with Gasteiger partial charge < -0.3 is 14.4 Å². The van der Waals surface area contributed by atoms with Crippen LogP contribution in [0.3, 0.4) is 0 Å². The van der Waals surface area contributed by atoms with Crippen molar-refractivity contribution in [3.8, 4) is 0 Å². The van der Waals surface area contributed by atoms with Gasteiger partial charge in [-0.2, -0.15) is 0 Å². The number of hydrogen-bond donors (Lipinski definition) is 0. The Bertz CT molecular complexity index is 885. The molecule has 0 atom stereocenters. The molecule has 4 fully saturated rings. The van der Waals surface area contributed by atoms with Crippen LogP contribution in [0.15, 0.2) is 30.3 Å². The summed E-state index contributed by atoms with van der Waals surface area (Å²) < 4.78 is 11.5. The topological polar surface area (TPSA) is 55.8 Å². The van der Waals surface area contributed by atoms with Crippen LogP contribution >= 0.6 is 0 Å². The Balaban J connectivity index is 1.46. The highest BCUT2D eigenvalue weighted by Gasteiger charge is 2.45. The molecule has 0 radical (unpaired) electrons. The third kappa shape index (κ3) is 5.91. The van der Waals surface area contributed by atoms with E-state index >= 15 is 0 Å². The molecule has 5 nitrogen and oxygen atoms in total. The zero-order chi connectivity index (χ0) is 24.2. The lowest BCUT2D eigenvalue weighted by Crippen LogP contribution is -2.51. The van der Waals surface area contributed by atoms with Gasteiger partial charge in [0.1, 0.15) is 5.60 Å². The molecule has 4 aliphatic rings. The van der Waals surface area contributed by atoms with Crippen LogP contribution in [0.5, 0.6) is 0 Å². The number of nitrogens with zero attached hydrogens (tertiary/aromatic N) is 1. The molecule has 0 spiro atoms. The highest BCUT2D eigenvalue weighted by molar-refractivity contribution is 5.84. The Labute approximate surface area is 204 Å². The first-order valence-corrected chi connectivity index (χ1v) is 13.1. The highest BCUT2D eigenvalue weighted by Crippen LogP contribution is 2.44. The molecule has 3 saturated heterocycles. The summed E-state index contributed by atoms with van der Waals surface area (Å²) in [5, 5.41) is 0. The van der Waals surface area contributed by atoms with E-state index in [0.29, 0.717) is 6.61 Å². The smallest absolute Gasteiger partial charge is 0.316 e. The highest BCUT2D eigenvalue weighted by atomic mass is 16.6. The van der Waals surface area contributed by atoms with Crippen LogP contribution < -0.4 is 0 Å². The van der Waals surface area contributed by atoms with Gasteiger partial charge in [-0.3, -0.25) is 9.59 Å². The molecule has 1 aliphatic carbocycles. The van der Waals surface area contributed by atoms with E-state index in [1.165, 1.54) is 6.42 Å². The summed E-state index contributed by atoms with van der Waals surface area (Å²) in [6, 6.07) is 8.22. The van der Waals surface area contributed by atoms with Gasteiger partial charge in [0.2, 0.25) is 0 Å². The molecule has 186 valence electrons. The summed E-state index contributed by atoms with van der Waals surface area (Å²) >= 11 is 0. The summed E-state index contributed by atoms with van der Waals surface area (Å²) in [6.45, 7) is 9.60. The van der Waals surface area contributed by atoms with Crippen LogP contribution in [-0.4, -0.2) is 48.7 Å². The molecule has 0 unspecified atom stereocenters. The normalized spacial score (nSPS) is 26.4. The van der Waals surface area contributed by atoms with Crippen LogP contribution in [0.2, 0.25) is 0 Å². The van der Waals surface area contributed by atoms with E-state index in [1.807, 2.05) is 45.1 Å². The Morgan fingerprint density at radius 2 is 1.68 bits per heavy atom. The minimum Gasteiger partial charge on any atom is -0.464 e. The van der Waals surface area contributed by atoms with E-state index < -0.39 is 11.0 Å². The molecule has 1 aromatic rings. The quantitative estimate of drug-likeness (QED) is 0.484. The van der Waals surface area contributed by atoms with Gasteiger partial charge in [0.25, 0.3) is 0 Å². The Hall–Kier alpha value is -2.14. The fourth-order valence-electron chi connectivity index (χ4n) is 5.85. The van der Waals surface area contributed by atoms with Crippen molar-refractivity contribution in [2.75, 3.05) is 26.2 Å². The first-order chi connectivity index (χ1) is 16.2. The molecule has 0 amide bonds. The molecule has 1 aromatic carbocycles. The summed E-state index contributed by atoms with van der Waals surface area (Å²) in [5.41, 5.74) is 1.20. The monoisotopic (exact) mass is 467 g/mol. The number of benzene rings is 1. The van der Waals surface area contributed by atoms with Gasteiger partial charge >= 0.3 is 11.9 Å². The van der Waals surface area contributed by atoms with Crippen molar-refractivity contribution in [2.24, 2.45) is 5.41 Å². The molecule has 34 heavy (non-hydrogen) atoms. The maximum atomic E-state index is 13.7. The van der Waals surface area contributed by atoms with Crippen LogP contribution in [0, 0.1) is 5.41 Å². The number of piperidine rings is 3. The molecule has 3 aliphatic heterocycles. The van der Waals surface area contributed by atoms with Gasteiger partial charge in [-0.25, -0.2) is 0 Å². The third-order valence-corrected chi connectivity index (χ3v) is 7.94. The zero-order valence-electron chi connectivity index (χ0n) is 21.2. The second kappa shape index (κ2) is 10.2. The lowest BCUT2D eigenvalue weighted by molar-refractivity contribution is -0.159. The van der Waals surface area contributed by atoms with Gasteiger partial charge in [-0.15, -0.1) is 0 Å². The SMILES string of the molecule is CC(C)(C)OC(=O)CC=Cc1cccc(C2(C(=O)OCC34CCN(CC3)CC4)CCCCC2)c1. The number of hydrogen-bond acceptors (Lipinski definition) is 5. The van der Waals surface area contributed by atoms with Gasteiger partial charge in [-0.05, 0) is 83.6 Å². The van der Waals surface area contributed by atoms with Crippen molar-refractivity contribution < 1.29 is 19.1 Å². The lowest BCUT2D eigenvalue weighted by atomic mass is 9.69. The number of esters is 2. The van der Waals surface area contributed by atoms with Gasteiger partial charge in [0.15, 0.2) is 0 Å². The van der Waals surface area contributed by atoms with Crippen molar-refractivity contribution >= 4 is 18.0 Å². The predicted molar refractivity (Wildman–Crippen MR) is 134 cm³/mol. The van der Waals surface area contributed by atoms with Crippen molar-refractivity contribution in [3.63, 3.8) is 0 Å². The fraction of sp³-hybridized carbons (Fsp3) is 0.655. The lowest BCUT2D eigenvalue weighted by Gasteiger charge is -2.48. The molecular weight excluding hydrogens is 426 g/mol. The summed E-state index contributed by atoms with van der Waals surface area (Å²) in [4.78, 5) is 28.2. The van der Waals surface area contributed by atoms with Gasteiger partial charge in [0, 0.05) is 5.41 Å². The third-order valence-electron chi connectivity index (χ3n) is 7.94. The predicted octanol–water partition coefficient (Wildman–Crippen LogP) is 5.66. The Morgan fingerprint density at radius 3 is 2.32 bits per heavy atom. The van der Waals surface area contributed by atoms with Crippen molar-refractivity contribution in [3.05, 3.63) is 41.5 Å². The second-order valence-electron chi connectivity index (χ2n) is 11.6. The molecule has 1 saturated carbocycles. The van der Waals surface area contributed by atoms with E-state index in [0.717, 1.165) is 75.7 Å². The molecule has 5 rings (SSSR count). The molecular formula is C29H41NO4. The Morgan fingerprint density at radius 1 is 1.00 bits per heavy atom. The van der Waals surface area contributed by atoms with Crippen LogP contribution in [0.1, 0.15) is 89.7 Å². The van der Waals surface area contributed by atoms with Crippen molar-refractivity contribution in [1.29, 1.82) is 0 Å². The molecule has 5 heteroatoms. The van der Waals surface area contributed by atoms with Crippen LogP contribution in [0.4, 0.5) is 0 Å². The van der Waals surface area contributed by atoms with Crippen LogP contribution in [0.25, 0.3) is 6.08 Å². The minimum atomic E-state index is -0.556. The minimum absolute atomic E-state index is 0.0375. The summed E-state index contributed by atoms with van der Waals surface area (Å²) in [6.07, 6.45) is 12.4. The maximum absolute atomic E-state index is 13.7. The van der Waals surface area contributed by atoms with E-state index in [9.17, 15) is 9.59 Å². The van der Waals surface area contributed by atoms with Gasteiger partial charge in [0.05, 0.1) is 18.4 Å². The van der Waals surface area contributed by atoms with Gasteiger partial charge in [-0.1, -0.05) is 55.7 Å². The number of rotatable bonds is 7. The zero-order valence-corrected chi connectivity index (χ0v) is 21.2.